The molecule has 0 amide bonds. The maximum absolute atomic E-state index is 12.5. The molecule has 0 aliphatic rings. The fourth-order valence-corrected chi connectivity index (χ4v) is 2.83. The van der Waals surface area contributed by atoms with Crippen LogP contribution in [0, 0.1) is 0 Å². The summed E-state index contributed by atoms with van der Waals surface area (Å²) in [4.78, 5) is 12.9. The van der Waals surface area contributed by atoms with E-state index in [-0.39, 0.29) is 5.56 Å². The summed E-state index contributed by atoms with van der Waals surface area (Å²) < 4.78 is 11.7. The molecule has 0 unspecified atom stereocenters. The molecule has 3 aromatic rings. The molecule has 0 atom stereocenters. The minimum absolute atomic E-state index is 0.275. The lowest BCUT2D eigenvalue weighted by atomic mass is 10.1. The summed E-state index contributed by atoms with van der Waals surface area (Å²) >= 11 is 1.27. The van der Waals surface area contributed by atoms with Gasteiger partial charge in [-0.1, -0.05) is 17.4 Å². The third kappa shape index (κ3) is 2.82. The molecule has 0 saturated carbocycles. The Morgan fingerprint density at radius 1 is 1.22 bits per heavy atom. The highest BCUT2D eigenvalue weighted by atomic mass is 32.1. The van der Waals surface area contributed by atoms with E-state index in [0.717, 1.165) is 5.56 Å². The molecule has 0 aliphatic heterocycles. The van der Waals surface area contributed by atoms with Gasteiger partial charge in [0.05, 0.1) is 14.2 Å². The second-order valence-electron chi connectivity index (χ2n) is 4.67. The first kappa shape index (κ1) is 15.2. The normalized spacial score (nSPS) is 10.7. The number of hydrogen-bond acceptors (Lipinski definition) is 8. The van der Waals surface area contributed by atoms with Gasteiger partial charge in [-0.15, -0.1) is 15.3 Å². The van der Waals surface area contributed by atoms with Crippen molar-refractivity contribution in [1.29, 1.82) is 0 Å². The molecule has 0 bridgehead atoms. The van der Waals surface area contributed by atoms with E-state index < -0.39 is 0 Å². The predicted octanol–water partition coefficient (Wildman–Crippen LogP) is 1.20. The smallest absolute Gasteiger partial charge is 0.297 e. The van der Waals surface area contributed by atoms with Crippen LogP contribution < -0.4 is 20.3 Å². The lowest BCUT2D eigenvalue weighted by Crippen LogP contribution is -2.22. The summed E-state index contributed by atoms with van der Waals surface area (Å²) in [5.74, 6) is 1.23. The van der Waals surface area contributed by atoms with Gasteiger partial charge in [0.2, 0.25) is 10.1 Å². The average molecular weight is 333 g/mol. The second kappa shape index (κ2) is 6.21. The monoisotopic (exact) mass is 333 g/mol. The van der Waals surface area contributed by atoms with E-state index in [1.807, 2.05) is 12.1 Å². The van der Waals surface area contributed by atoms with E-state index in [1.165, 1.54) is 15.9 Å². The van der Waals surface area contributed by atoms with Crippen molar-refractivity contribution in [2.75, 3.05) is 26.6 Å². The Balaban J connectivity index is 1.98. The summed E-state index contributed by atoms with van der Waals surface area (Å²) in [7, 11) is 4.88. The number of benzene rings is 1. The van der Waals surface area contributed by atoms with Gasteiger partial charge in [0.25, 0.3) is 5.56 Å². The van der Waals surface area contributed by atoms with Crippen molar-refractivity contribution in [1.82, 2.24) is 19.8 Å². The highest BCUT2D eigenvalue weighted by Gasteiger charge is 2.13. The van der Waals surface area contributed by atoms with Crippen LogP contribution in [0.5, 0.6) is 11.5 Å². The van der Waals surface area contributed by atoms with Crippen molar-refractivity contribution < 1.29 is 9.47 Å². The van der Waals surface area contributed by atoms with Crippen LogP contribution in [0.1, 0.15) is 11.3 Å². The Morgan fingerprint density at radius 3 is 2.70 bits per heavy atom. The first-order valence-corrected chi connectivity index (χ1v) is 7.62. The highest BCUT2D eigenvalue weighted by Crippen LogP contribution is 2.28. The molecule has 0 spiro atoms. The SMILES string of the molecule is CNc1nn2c(=O)c(Cc3ccc(OC)c(OC)c3)nnc2s1. The predicted molar refractivity (Wildman–Crippen MR) is 86.8 cm³/mol. The fraction of sp³-hybridized carbons (Fsp3) is 0.286. The summed E-state index contributed by atoms with van der Waals surface area (Å²) in [6, 6.07) is 5.46. The van der Waals surface area contributed by atoms with Gasteiger partial charge in [-0.25, -0.2) is 0 Å². The Morgan fingerprint density at radius 2 is 2.00 bits per heavy atom. The first-order chi connectivity index (χ1) is 11.2. The molecule has 1 N–H and O–H groups in total. The summed E-state index contributed by atoms with van der Waals surface area (Å²) in [6.45, 7) is 0. The van der Waals surface area contributed by atoms with Crippen molar-refractivity contribution in [3.05, 3.63) is 39.8 Å². The lowest BCUT2D eigenvalue weighted by Gasteiger charge is -2.09. The van der Waals surface area contributed by atoms with Crippen molar-refractivity contribution >= 4 is 21.4 Å². The Labute approximate surface area is 135 Å². The number of fused-ring (bicyclic) bond motifs is 1. The Bertz CT molecular complexity index is 905. The van der Waals surface area contributed by atoms with Crippen molar-refractivity contribution in [3.63, 3.8) is 0 Å². The van der Waals surface area contributed by atoms with Crippen LogP contribution in [0.2, 0.25) is 0 Å². The Kier molecular flexibility index (Phi) is 4.11. The van der Waals surface area contributed by atoms with E-state index in [4.69, 9.17) is 9.47 Å². The van der Waals surface area contributed by atoms with E-state index in [0.29, 0.717) is 33.7 Å². The van der Waals surface area contributed by atoms with Crippen molar-refractivity contribution in [2.24, 2.45) is 0 Å². The number of ether oxygens (including phenoxy) is 2. The topological polar surface area (TPSA) is 90.6 Å². The molecule has 2 heterocycles. The van der Waals surface area contributed by atoms with E-state index in [1.54, 1.807) is 27.3 Å². The van der Waals surface area contributed by atoms with Gasteiger partial charge in [0.1, 0.15) is 5.69 Å². The summed E-state index contributed by atoms with van der Waals surface area (Å²) in [6.07, 6.45) is 0.335. The molecule has 3 rings (SSSR count). The van der Waals surface area contributed by atoms with Crippen LogP contribution in [-0.4, -0.2) is 41.1 Å². The molecular weight excluding hydrogens is 318 g/mol. The third-order valence-electron chi connectivity index (χ3n) is 3.29. The highest BCUT2D eigenvalue weighted by molar-refractivity contribution is 7.20. The van der Waals surface area contributed by atoms with E-state index in [9.17, 15) is 4.79 Å². The molecule has 23 heavy (non-hydrogen) atoms. The maximum Gasteiger partial charge on any atom is 0.297 e. The first-order valence-electron chi connectivity index (χ1n) is 6.80. The van der Waals surface area contributed by atoms with Crippen LogP contribution in [0.3, 0.4) is 0 Å². The fourth-order valence-electron chi connectivity index (χ4n) is 2.14. The third-order valence-corrected chi connectivity index (χ3v) is 4.21. The number of methoxy groups -OCH3 is 2. The average Bonchev–Trinajstić information content (AvgIpc) is 3.01. The van der Waals surface area contributed by atoms with Gasteiger partial charge in [-0.2, -0.15) is 4.52 Å². The molecule has 120 valence electrons. The lowest BCUT2D eigenvalue weighted by molar-refractivity contribution is 0.354. The van der Waals surface area contributed by atoms with Crippen molar-refractivity contribution in [3.8, 4) is 11.5 Å². The van der Waals surface area contributed by atoms with Crippen LogP contribution in [-0.2, 0) is 6.42 Å². The molecule has 2 aromatic heterocycles. The van der Waals surface area contributed by atoms with Gasteiger partial charge in [-0.3, -0.25) is 4.79 Å². The van der Waals surface area contributed by atoms with Crippen LogP contribution in [0.4, 0.5) is 5.13 Å². The minimum Gasteiger partial charge on any atom is -0.493 e. The number of anilines is 1. The van der Waals surface area contributed by atoms with Crippen LogP contribution in [0.25, 0.3) is 4.96 Å². The van der Waals surface area contributed by atoms with E-state index >= 15 is 0 Å². The molecule has 8 nitrogen and oxygen atoms in total. The minimum atomic E-state index is -0.275. The molecule has 0 aliphatic carbocycles. The molecule has 0 saturated heterocycles. The quantitative estimate of drug-likeness (QED) is 0.750. The zero-order chi connectivity index (χ0) is 16.4. The maximum atomic E-state index is 12.5. The standard InChI is InChI=1S/C14H15N5O3S/c1-15-13-18-19-12(20)9(16-17-14(19)23-13)6-8-4-5-10(21-2)11(7-8)22-3/h4-5,7H,6H2,1-3H3,(H,15,18). The second-order valence-corrected chi connectivity index (χ2v) is 5.63. The number of nitrogens with one attached hydrogen (secondary N) is 1. The zero-order valence-corrected chi connectivity index (χ0v) is 13.7. The van der Waals surface area contributed by atoms with Gasteiger partial charge in [0.15, 0.2) is 11.5 Å². The Hall–Kier alpha value is -2.68. The molecular formula is C14H15N5O3S. The number of hydrogen-bond donors (Lipinski definition) is 1. The molecule has 9 heteroatoms. The van der Waals surface area contributed by atoms with Gasteiger partial charge < -0.3 is 14.8 Å². The van der Waals surface area contributed by atoms with Gasteiger partial charge >= 0.3 is 0 Å². The molecule has 0 fully saturated rings. The number of rotatable bonds is 5. The van der Waals surface area contributed by atoms with Gasteiger partial charge in [-0.05, 0) is 17.7 Å². The molecule has 1 aromatic carbocycles. The number of nitrogens with zero attached hydrogens (tertiary/aromatic N) is 4. The number of aromatic nitrogens is 4. The van der Waals surface area contributed by atoms with E-state index in [2.05, 4.69) is 20.6 Å². The molecule has 0 radical (unpaired) electrons. The van der Waals surface area contributed by atoms with Gasteiger partial charge in [0, 0.05) is 13.5 Å². The zero-order valence-electron chi connectivity index (χ0n) is 12.9. The van der Waals surface area contributed by atoms with Crippen LogP contribution in [0.15, 0.2) is 23.0 Å². The summed E-state index contributed by atoms with van der Waals surface area (Å²) in [5.41, 5.74) is 0.920. The largest absolute Gasteiger partial charge is 0.493 e. The van der Waals surface area contributed by atoms with Crippen LogP contribution >= 0.6 is 11.3 Å². The summed E-state index contributed by atoms with van der Waals surface area (Å²) in [5, 5.41) is 15.8. The van der Waals surface area contributed by atoms with Crippen molar-refractivity contribution in [2.45, 2.75) is 6.42 Å².